The zero-order valence-corrected chi connectivity index (χ0v) is 12.4. The first kappa shape index (κ1) is 14.0. The largest absolute Gasteiger partial charge is 0.497 e. The molecule has 8 nitrogen and oxygen atoms in total. The first-order chi connectivity index (χ1) is 10.6. The Morgan fingerprint density at radius 1 is 1.32 bits per heavy atom. The maximum Gasteiger partial charge on any atom is 0.299 e. The molecular weight excluding hydrogens is 304 g/mol. The molecule has 3 rings (SSSR count). The van der Waals surface area contributed by atoms with Crippen LogP contribution in [0.1, 0.15) is 11.3 Å². The van der Waals surface area contributed by atoms with Crippen molar-refractivity contribution in [1.29, 1.82) is 0 Å². The Kier molecular flexibility index (Phi) is 3.47. The third kappa shape index (κ3) is 2.37. The normalized spacial score (nSPS) is 11.3. The number of nitrogen functional groups attached to an aromatic ring is 1. The summed E-state index contributed by atoms with van der Waals surface area (Å²) in [6.45, 7) is 0. The van der Waals surface area contributed by atoms with E-state index in [0.717, 1.165) is 16.0 Å². The van der Waals surface area contributed by atoms with Gasteiger partial charge in [-0.1, -0.05) is 18.2 Å². The second-order valence-electron chi connectivity index (χ2n) is 4.41. The van der Waals surface area contributed by atoms with Crippen LogP contribution in [0.4, 0.5) is 0 Å². The molecule has 0 radical (unpaired) electrons. The van der Waals surface area contributed by atoms with Crippen LogP contribution in [-0.2, 0) is 0 Å². The molecule has 22 heavy (non-hydrogen) atoms. The number of nitrogens with one attached hydrogen (secondary N) is 1. The Bertz CT molecular complexity index is 967. The molecule has 0 bridgehead atoms. The van der Waals surface area contributed by atoms with Gasteiger partial charge in [0, 0.05) is 0 Å². The Hall–Kier alpha value is -2.94. The van der Waals surface area contributed by atoms with Crippen LogP contribution < -0.4 is 16.1 Å². The second-order valence-corrected chi connectivity index (χ2v) is 4.79. The van der Waals surface area contributed by atoms with Gasteiger partial charge >= 0.3 is 0 Å². The molecule has 3 aromatic rings. The fourth-order valence-electron chi connectivity index (χ4n) is 1.89. The molecule has 0 unspecified atom stereocenters. The van der Waals surface area contributed by atoms with Crippen molar-refractivity contribution in [2.24, 2.45) is 0 Å². The standard InChI is InChI=1S/C13H12N6O2S/c1-21-9-5-2-8(3-6-9)4-7-10-11(20)18(14)12-15-16-13(22)19(12)17-10/h2-7H,14H2,1H3,(H,16,22)/b7-4+. The van der Waals surface area contributed by atoms with Crippen molar-refractivity contribution in [3.63, 3.8) is 0 Å². The van der Waals surface area contributed by atoms with Crippen molar-refractivity contribution in [3.05, 3.63) is 50.6 Å². The van der Waals surface area contributed by atoms with Crippen molar-refractivity contribution in [2.45, 2.75) is 0 Å². The highest BCUT2D eigenvalue weighted by molar-refractivity contribution is 7.71. The predicted octanol–water partition coefficient (Wildman–Crippen LogP) is 0.841. The highest BCUT2D eigenvalue weighted by atomic mass is 32.1. The summed E-state index contributed by atoms with van der Waals surface area (Å²) in [6.07, 6.45) is 3.32. The lowest BCUT2D eigenvalue weighted by atomic mass is 10.2. The van der Waals surface area contributed by atoms with Crippen molar-refractivity contribution < 1.29 is 4.74 Å². The molecule has 112 valence electrons. The lowest BCUT2D eigenvalue weighted by Crippen LogP contribution is -2.32. The van der Waals surface area contributed by atoms with E-state index in [1.807, 2.05) is 24.3 Å². The number of ether oxygens (including phenoxy) is 1. The number of fused-ring (bicyclic) bond motifs is 1. The van der Waals surface area contributed by atoms with Crippen LogP contribution in [-0.4, -0.2) is 31.6 Å². The van der Waals surface area contributed by atoms with E-state index in [1.54, 1.807) is 19.3 Å². The lowest BCUT2D eigenvalue weighted by Gasteiger charge is -2.01. The molecule has 1 aromatic carbocycles. The minimum atomic E-state index is -0.466. The zero-order chi connectivity index (χ0) is 15.7. The van der Waals surface area contributed by atoms with Gasteiger partial charge in [-0.05, 0) is 36.0 Å². The number of H-pyrrole nitrogens is 1. The summed E-state index contributed by atoms with van der Waals surface area (Å²) in [4.78, 5) is 12.1. The van der Waals surface area contributed by atoms with Gasteiger partial charge in [0.2, 0.25) is 4.77 Å². The number of nitrogens with zero attached hydrogens (tertiary/aromatic N) is 4. The summed E-state index contributed by atoms with van der Waals surface area (Å²) in [7, 11) is 1.60. The summed E-state index contributed by atoms with van der Waals surface area (Å²) in [5, 5.41) is 10.5. The Labute approximate surface area is 129 Å². The van der Waals surface area contributed by atoms with Crippen LogP contribution in [0.5, 0.6) is 5.75 Å². The minimum Gasteiger partial charge on any atom is -0.497 e. The Morgan fingerprint density at radius 3 is 2.73 bits per heavy atom. The smallest absolute Gasteiger partial charge is 0.299 e. The molecule has 9 heteroatoms. The third-order valence-electron chi connectivity index (χ3n) is 3.04. The Balaban J connectivity index is 2.04. The van der Waals surface area contributed by atoms with Crippen molar-refractivity contribution >= 4 is 30.1 Å². The summed E-state index contributed by atoms with van der Waals surface area (Å²) >= 11 is 5.03. The third-order valence-corrected chi connectivity index (χ3v) is 3.31. The van der Waals surface area contributed by atoms with Crippen LogP contribution in [0.25, 0.3) is 17.9 Å². The molecule has 2 heterocycles. The van der Waals surface area contributed by atoms with Crippen LogP contribution in [0.3, 0.4) is 0 Å². The van der Waals surface area contributed by atoms with E-state index in [9.17, 15) is 4.79 Å². The monoisotopic (exact) mass is 316 g/mol. The second kappa shape index (κ2) is 5.45. The van der Waals surface area contributed by atoms with Crippen LogP contribution in [0.15, 0.2) is 29.1 Å². The molecule has 0 saturated heterocycles. The van der Waals surface area contributed by atoms with E-state index in [-0.39, 0.29) is 16.2 Å². The lowest BCUT2D eigenvalue weighted by molar-refractivity contribution is 0.415. The van der Waals surface area contributed by atoms with E-state index in [0.29, 0.717) is 0 Å². The maximum atomic E-state index is 12.1. The number of methoxy groups -OCH3 is 1. The maximum absolute atomic E-state index is 12.1. The quantitative estimate of drug-likeness (QED) is 0.548. The van der Waals surface area contributed by atoms with Gasteiger partial charge in [-0.2, -0.15) is 14.3 Å². The number of nitrogens with two attached hydrogens (primary N) is 1. The average Bonchev–Trinajstić information content (AvgIpc) is 2.91. The van der Waals surface area contributed by atoms with Gasteiger partial charge in [0.1, 0.15) is 5.75 Å². The van der Waals surface area contributed by atoms with Gasteiger partial charge in [-0.3, -0.25) is 4.79 Å². The SMILES string of the molecule is COc1ccc(/C=C/c2nn3c(=S)[nH]nc3n(N)c2=O)cc1. The van der Waals surface area contributed by atoms with E-state index in [2.05, 4.69) is 15.3 Å². The molecule has 0 spiro atoms. The molecule has 0 aliphatic heterocycles. The summed E-state index contributed by atoms with van der Waals surface area (Å²) in [6, 6.07) is 7.37. The van der Waals surface area contributed by atoms with Gasteiger partial charge in [-0.15, -0.1) is 5.10 Å². The molecule has 0 amide bonds. The van der Waals surface area contributed by atoms with E-state index in [4.69, 9.17) is 22.8 Å². The molecule has 0 aliphatic carbocycles. The molecule has 0 fully saturated rings. The van der Waals surface area contributed by atoms with Gasteiger partial charge < -0.3 is 10.6 Å². The minimum absolute atomic E-state index is 0.150. The fraction of sp³-hybridized carbons (Fsp3) is 0.0769. The van der Waals surface area contributed by atoms with Crippen molar-refractivity contribution in [2.75, 3.05) is 13.0 Å². The molecule has 0 aliphatic rings. The van der Waals surface area contributed by atoms with Gasteiger partial charge in [-0.25, -0.2) is 5.10 Å². The topological polar surface area (TPSA) is 103 Å². The molecule has 2 aromatic heterocycles. The number of aromatic nitrogens is 5. The predicted molar refractivity (Wildman–Crippen MR) is 84.5 cm³/mol. The van der Waals surface area contributed by atoms with Gasteiger partial charge in [0.15, 0.2) is 5.69 Å². The highest BCUT2D eigenvalue weighted by Gasteiger charge is 2.09. The number of hydrogen-bond donors (Lipinski definition) is 2. The van der Waals surface area contributed by atoms with Crippen LogP contribution in [0.2, 0.25) is 0 Å². The summed E-state index contributed by atoms with van der Waals surface area (Å²) in [5.41, 5.74) is 0.580. The van der Waals surface area contributed by atoms with Crippen molar-refractivity contribution in [1.82, 2.24) is 24.5 Å². The highest BCUT2D eigenvalue weighted by Crippen LogP contribution is 2.13. The number of benzene rings is 1. The van der Waals surface area contributed by atoms with E-state index in [1.165, 1.54) is 4.52 Å². The van der Waals surface area contributed by atoms with E-state index < -0.39 is 5.56 Å². The summed E-state index contributed by atoms with van der Waals surface area (Å²) in [5.74, 6) is 6.61. The van der Waals surface area contributed by atoms with E-state index >= 15 is 0 Å². The molecule has 0 saturated carbocycles. The number of rotatable bonds is 3. The van der Waals surface area contributed by atoms with Gasteiger partial charge in [0.05, 0.1) is 7.11 Å². The first-order valence-electron chi connectivity index (χ1n) is 6.28. The fourth-order valence-corrected chi connectivity index (χ4v) is 2.06. The first-order valence-corrected chi connectivity index (χ1v) is 6.68. The zero-order valence-electron chi connectivity index (χ0n) is 11.6. The molecule has 0 atom stereocenters. The number of hydrogen-bond acceptors (Lipinski definition) is 6. The average molecular weight is 316 g/mol. The van der Waals surface area contributed by atoms with Crippen LogP contribution >= 0.6 is 12.2 Å². The van der Waals surface area contributed by atoms with Crippen LogP contribution in [0, 0.1) is 4.77 Å². The summed E-state index contributed by atoms with van der Waals surface area (Å²) < 4.78 is 7.54. The Morgan fingerprint density at radius 2 is 2.05 bits per heavy atom. The van der Waals surface area contributed by atoms with Crippen molar-refractivity contribution in [3.8, 4) is 5.75 Å². The molecule has 3 N–H and O–H groups in total. The number of aromatic amines is 1. The molecular formula is C13H12N6O2S. The van der Waals surface area contributed by atoms with Gasteiger partial charge in [0.25, 0.3) is 11.3 Å².